The van der Waals surface area contributed by atoms with Crippen LogP contribution in [0.5, 0.6) is 0 Å². The standard InChI is InChI=1S/C14H14O5S/c15-20(16,10-4-2-1-3-5-10)12-8-13-14(9-11(12)19-13)17-6-7-18-14/h1-5,8,11,13H,6-7,9H2/t11-,13-/m1/s1. The molecule has 3 heterocycles. The Hall–Kier alpha value is -1.21. The zero-order valence-corrected chi connectivity index (χ0v) is 11.5. The molecule has 6 heteroatoms. The predicted octanol–water partition coefficient (Wildman–Crippen LogP) is 1.26. The summed E-state index contributed by atoms with van der Waals surface area (Å²) < 4.78 is 42.1. The third-order valence-electron chi connectivity index (χ3n) is 3.99. The Labute approximate surface area is 117 Å². The van der Waals surface area contributed by atoms with Crippen molar-refractivity contribution in [3.63, 3.8) is 0 Å². The van der Waals surface area contributed by atoms with E-state index < -0.39 is 27.8 Å². The van der Waals surface area contributed by atoms with E-state index in [9.17, 15) is 8.42 Å². The van der Waals surface area contributed by atoms with Crippen molar-refractivity contribution < 1.29 is 22.6 Å². The van der Waals surface area contributed by atoms with Gasteiger partial charge >= 0.3 is 0 Å². The molecule has 3 aliphatic heterocycles. The molecular weight excluding hydrogens is 280 g/mol. The van der Waals surface area contributed by atoms with Gasteiger partial charge in [-0.05, 0) is 18.2 Å². The van der Waals surface area contributed by atoms with Gasteiger partial charge in [0.25, 0.3) is 0 Å². The highest BCUT2D eigenvalue weighted by atomic mass is 32.2. The Kier molecular flexibility index (Phi) is 2.59. The number of sulfone groups is 1. The lowest BCUT2D eigenvalue weighted by atomic mass is 10.0. The SMILES string of the molecule is O=S(=O)(C1=C[C@H]2O[C@@H]1CC21OCCO1)c1ccccc1. The van der Waals surface area contributed by atoms with Crippen LogP contribution in [0.2, 0.25) is 0 Å². The Morgan fingerprint density at radius 1 is 1.10 bits per heavy atom. The minimum absolute atomic E-state index is 0.296. The van der Waals surface area contributed by atoms with Crippen molar-refractivity contribution in [1.82, 2.24) is 0 Å². The fraction of sp³-hybridized carbons (Fsp3) is 0.429. The van der Waals surface area contributed by atoms with Gasteiger partial charge in [-0.2, -0.15) is 0 Å². The van der Waals surface area contributed by atoms with Gasteiger partial charge in [-0.1, -0.05) is 18.2 Å². The van der Waals surface area contributed by atoms with E-state index in [1.165, 1.54) is 0 Å². The zero-order chi connectivity index (χ0) is 13.8. The summed E-state index contributed by atoms with van der Waals surface area (Å²) in [6, 6.07) is 8.42. The smallest absolute Gasteiger partial charge is 0.205 e. The first-order valence-electron chi connectivity index (χ1n) is 6.57. The van der Waals surface area contributed by atoms with Crippen LogP contribution in [0.4, 0.5) is 0 Å². The molecule has 0 radical (unpaired) electrons. The quantitative estimate of drug-likeness (QED) is 0.821. The van der Waals surface area contributed by atoms with Gasteiger partial charge in [-0.3, -0.25) is 0 Å². The van der Waals surface area contributed by atoms with Gasteiger partial charge in [-0.25, -0.2) is 8.42 Å². The summed E-state index contributed by atoms with van der Waals surface area (Å²) in [4.78, 5) is 0.628. The summed E-state index contributed by atoms with van der Waals surface area (Å²) in [5.74, 6) is -0.764. The maximum absolute atomic E-state index is 12.6. The maximum atomic E-state index is 12.6. The molecule has 0 aromatic heterocycles. The van der Waals surface area contributed by atoms with Crippen molar-refractivity contribution in [3.8, 4) is 0 Å². The second-order valence-corrected chi connectivity index (χ2v) is 7.09. The second kappa shape index (κ2) is 4.14. The molecule has 2 saturated heterocycles. The second-order valence-electron chi connectivity index (χ2n) is 5.14. The van der Waals surface area contributed by atoms with Crippen LogP contribution in [0.3, 0.4) is 0 Å². The average molecular weight is 294 g/mol. The summed E-state index contributed by atoms with van der Waals surface area (Å²) in [5, 5.41) is 0. The minimum Gasteiger partial charge on any atom is -0.360 e. The fourth-order valence-electron chi connectivity index (χ4n) is 3.04. The normalized spacial score (nSPS) is 30.9. The van der Waals surface area contributed by atoms with E-state index in [2.05, 4.69) is 0 Å². The van der Waals surface area contributed by atoms with E-state index in [0.717, 1.165) is 0 Å². The van der Waals surface area contributed by atoms with Crippen molar-refractivity contribution in [2.75, 3.05) is 13.2 Å². The molecule has 0 N–H and O–H groups in total. The molecule has 4 rings (SSSR count). The Morgan fingerprint density at radius 3 is 2.40 bits per heavy atom. The first-order valence-corrected chi connectivity index (χ1v) is 8.05. The fourth-order valence-corrected chi connectivity index (χ4v) is 4.62. The topological polar surface area (TPSA) is 61.8 Å². The van der Waals surface area contributed by atoms with Gasteiger partial charge in [0.2, 0.25) is 15.6 Å². The molecule has 1 aromatic carbocycles. The lowest BCUT2D eigenvalue weighted by molar-refractivity contribution is -0.175. The Morgan fingerprint density at radius 2 is 1.80 bits per heavy atom. The number of fused-ring (bicyclic) bond motifs is 3. The summed E-state index contributed by atoms with van der Waals surface area (Å²) in [6.07, 6.45) is 1.18. The van der Waals surface area contributed by atoms with Crippen molar-refractivity contribution >= 4 is 9.84 Å². The first-order chi connectivity index (χ1) is 9.62. The zero-order valence-electron chi connectivity index (χ0n) is 10.7. The number of hydrogen-bond acceptors (Lipinski definition) is 5. The van der Waals surface area contributed by atoms with Crippen LogP contribution in [0.15, 0.2) is 46.2 Å². The number of ether oxygens (including phenoxy) is 3. The monoisotopic (exact) mass is 294 g/mol. The van der Waals surface area contributed by atoms with Crippen LogP contribution >= 0.6 is 0 Å². The van der Waals surface area contributed by atoms with Crippen molar-refractivity contribution in [1.29, 1.82) is 0 Å². The highest BCUT2D eigenvalue weighted by molar-refractivity contribution is 7.95. The molecule has 3 aliphatic rings. The molecule has 0 unspecified atom stereocenters. The lowest BCUT2D eigenvalue weighted by Crippen LogP contribution is -2.40. The van der Waals surface area contributed by atoms with Crippen molar-refractivity contribution in [2.24, 2.45) is 0 Å². The van der Waals surface area contributed by atoms with Crippen LogP contribution in [-0.4, -0.2) is 39.6 Å². The number of rotatable bonds is 2. The van der Waals surface area contributed by atoms with Gasteiger partial charge in [0.1, 0.15) is 6.10 Å². The molecule has 0 amide bonds. The van der Waals surface area contributed by atoms with E-state index in [4.69, 9.17) is 14.2 Å². The minimum atomic E-state index is -3.49. The predicted molar refractivity (Wildman–Crippen MR) is 69.6 cm³/mol. The highest BCUT2D eigenvalue weighted by Gasteiger charge is 2.58. The van der Waals surface area contributed by atoms with Gasteiger partial charge in [0, 0.05) is 6.42 Å². The van der Waals surface area contributed by atoms with Gasteiger partial charge in [0.15, 0.2) is 0 Å². The summed E-state index contributed by atoms with van der Waals surface area (Å²) in [7, 11) is -3.49. The van der Waals surface area contributed by atoms with E-state index in [-0.39, 0.29) is 0 Å². The van der Waals surface area contributed by atoms with Crippen LogP contribution in [0, 0.1) is 0 Å². The van der Waals surface area contributed by atoms with Gasteiger partial charge in [0.05, 0.1) is 29.1 Å². The molecule has 2 fully saturated rings. The molecule has 2 bridgehead atoms. The van der Waals surface area contributed by atoms with E-state index in [0.29, 0.717) is 29.4 Å². The van der Waals surface area contributed by atoms with Crippen LogP contribution < -0.4 is 0 Å². The van der Waals surface area contributed by atoms with Gasteiger partial charge in [-0.15, -0.1) is 0 Å². The highest BCUT2D eigenvalue weighted by Crippen LogP contribution is 2.48. The van der Waals surface area contributed by atoms with Crippen LogP contribution in [-0.2, 0) is 24.0 Å². The number of benzene rings is 1. The molecule has 1 aromatic rings. The lowest BCUT2D eigenvalue weighted by Gasteiger charge is -2.27. The van der Waals surface area contributed by atoms with Crippen molar-refractivity contribution in [3.05, 3.63) is 41.3 Å². The molecular formula is C14H14O5S. The molecule has 20 heavy (non-hydrogen) atoms. The molecule has 5 nitrogen and oxygen atoms in total. The average Bonchev–Trinajstić information content (AvgIpc) is 3.16. The summed E-state index contributed by atoms with van der Waals surface area (Å²) >= 11 is 0. The van der Waals surface area contributed by atoms with Crippen molar-refractivity contribution in [2.45, 2.75) is 29.3 Å². The Balaban J connectivity index is 1.71. The van der Waals surface area contributed by atoms with Gasteiger partial charge < -0.3 is 14.2 Å². The molecule has 0 saturated carbocycles. The van der Waals surface area contributed by atoms with Crippen LogP contribution in [0.25, 0.3) is 0 Å². The molecule has 0 aliphatic carbocycles. The third kappa shape index (κ3) is 1.62. The third-order valence-corrected chi connectivity index (χ3v) is 5.90. The van der Waals surface area contributed by atoms with Crippen LogP contribution in [0.1, 0.15) is 6.42 Å². The summed E-state index contributed by atoms with van der Waals surface area (Å²) in [6.45, 7) is 1.06. The first kappa shape index (κ1) is 12.5. The summed E-state index contributed by atoms with van der Waals surface area (Å²) in [5.41, 5.74) is 0. The molecule has 106 valence electrons. The maximum Gasteiger partial charge on any atom is 0.205 e. The largest absolute Gasteiger partial charge is 0.360 e. The number of hydrogen-bond donors (Lipinski definition) is 0. The van der Waals surface area contributed by atoms with E-state index in [1.807, 2.05) is 0 Å². The van der Waals surface area contributed by atoms with E-state index >= 15 is 0 Å². The van der Waals surface area contributed by atoms with E-state index in [1.54, 1.807) is 36.4 Å². The Bertz CT molecular complexity index is 658. The molecule has 2 atom stereocenters. The molecule has 1 spiro atoms.